The lowest BCUT2D eigenvalue weighted by molar-refractivity contribution is 0.0526. The van der Waals surface area contributed by atoms with Crippen molar-refractivity contribution < 1.29 is 9.53 Å². The van der Waals surface area contributed by atoms with Gasteiger partial charge in [0.15, 0.2) is 0 Å². The smallest absolute Gasteiger partial charge is 0.339 e. The van der Waals surface area contributed by atoms with Gasteiger partial charge in [0, 0.05) is 11.6 Å². The van der Waals surface area contributed by atoms with Crippen LogP contribution in [0.1, 0.15) is 28.4 Å². The predicted octanol–water partition coefficient (Wildman–Crippen LogP) is 4.00. The Balaban J connectivity index is 1.92. The van der Waals surface area contributed by atoms with Crippen LogP contribution in [0.5, 0.6) is 0 Å². The summed E-state index contributed by atoms with van der Waals surface area (Å²) in [5.41, 5.74) is 3.83. The summed E-state index contributed by atoms with van der Waals surface area (Å²) in [6.45, 7) is 2.16. The van der Waals surface area contributed by atoms with Crippen molar-refractivity contribution >= 4 is 16.9 Å². The lowest BCUT2D eigenvalue weighted by Gasteiger charge is -2.06. The van der Waals surface area contributed by atoms with Crippen LogP contribution < -0.4 is 0 Å². The number of carbonyl (C=O) groups is 1. The molecule has 22 heavy (non-hydrogen) atoms. The summed E-state index contributed by atoms with van der Waals surface area (Å²) in [7, 11) is 0. The third-order valence-electron chi connectivity index (χ3n) is 3.51. The molecule has 0 unspecified atom stereocenters. The van der Waals surface area contributed by atoms with Crippen LogP contribution in [-0.4, -0.2) is 17.6 Å². The third-order valence-corrected chi connectivity index (χ3v) is 3.51. The maximum absolute atomic E-state index is 11.8. The van der Waals surface area contributed by atoms with Crippen LogP contribution in [0.4, 0.5) is 0 Å². The molecule has 3 heteroatoms. The number of rotatable bonds is 4. The number of nitrogens with zero attached hydrogens (tertiary/aromatic N) is 1. The minimum absolute atomic E-state index is 0.328. The van der Waals surface area contributed by atoms with Crippen molar-refractivity contribution in [3.8, 4) is 0 Å². The van der Waals surface area contributed by atoms with Crippen molar-refractivity contribution in [3.63, 3.8) is 0 Å². The minimum Gasteiger partial charge on any atom is -0.462 e. The van der Waals surface area contributed by atoms with Crippen LogP contribution in [-0.2, 0) is 11.2 Å². The van der Waals surface area contributed by atoms with Gasteiger partial charge in [-0.05, 0) is 42.7 Å². The number of esters is 1. The minimum atomic E-state index is -0.328. The Morgan fingerprint density at radius 2 is 1.86 bits per heavy atom. The van der Waals surface area contributed by atoms with Crippen LogP contribution >= 0.6 is 0 Å². The molecule has 0 N–H and O–H groups in total. The predicted molar refractivity (Wildman–Crippen MR) is 86.9 cm³/mol. The maximum Gasteiger partial charge on any atom is 0.339 e. The Bertz CT molecular complexity index is 797. The van der Waals surface area contributed by atoms with Crippen LogP contribution in [0.25, 0.3) is 10.9 Å². The molecule has 1 aromatic heterocycles. The summed E-state index contributed by atoms with van der Waals surface area (Å²) >= 11 is 0. The van der Waals surface area contributed by atoms with Crippen LogP contribution in [0.2, 0.25) is 0 Å². The van der Waals surface area contributed by atoms with Crippen LogP contribution in [0.3, 0.4) is 0 Å². The van der Waals surface area contributed by atoms with Gasteiger partial charge in [-0.1, -0.05) is 36.4 Å². The highest BCUT2D eigenvalue weighted by atomic mass is 16.5. The molecule has 3 aromatic rings. The second kappa shape index (κ2) is 6.39. The molecule has 0 aliphatic heterocycles. The normalized spacial score (nSPS) is 10.6. The van der Waals surface area contributed by atoms with Crippen LogP contribution in [0.15, 0.2) is 60.8 Å². The van der Waals surface area contributed by atoms with Gasteiger partial charge in [0.2, 0.25) is 0 Å². The highest BCUT2D eigenvalue weighted by molar-refractivity contribution is 5.93. The fraction of sp³-hybridized carbons (Fsp3) is 0.158. The summed E-state index contributed by atoms with van der Waals surface area (Å²) in [5.74, 6) is -0.328. The molecule has 0 radical (unpaired) electrons. The molecule has 0 saturated heterocycles. The van der Waals surface area contributed by atoms with Gasteiger partial charge in [-0.3, -0.25) is 4.98 Å². The molecule has 0 bridgehead atoms. The zero-order chi connectivity index (χ0) is 15.4. The van der Waals surface area contributed by atoms with E-state index in [0.717, 1.165) is 17.3 Å². The Labute approximate surface area is 129 Å². The van der Waals surface area contributed by atoms with Gasteiger partial charge in [0.1, 0.15) is 0 Å². The van der Waals surface area contributed by atoms with E-state index in [4.69, 9.17) is 4.74 Å². The standard InChI is InChI=1S/C19H17NO2/c1-2-22-19(21)17-12-16-11-15(8-9-18(16)20-13-17)10-14-6-4-3-5-7-14/h3-9,11-13H,2,10H2,1H3. The van der Waals surface area contributed by atoms with E-state index in [1.807, 2.05) is 30.3 Å². The number of hydrogen-bond acceptors (Lipinski definition) is 3. The Kier molecular flexibility index (Phi) is 4.15. The first kappa shape index (κ1) is 14.3. The molecule has 0 aliphatic rings. The molecule has 0 atom stereocenters. The van der Waals surface area contributed by atoms with Crippen molar-refractivity contribution in [2.24, 2.45) is 0 Å². The Morgan fingerprint density at radius 1 is 1.05 bits per heavy atom. The van der Waals surface area contributed by atoms with E-state index < -0.39 is 0 Å². The molecule has 2 aromatic carbocycles. The lowest BCUT2D eigenvalue weighted by Crippen LogP contribution is -2.05. The Hall–Kier alpha value is -2.68. The number of benzene rings is 2. The van der Waals surface area contributed by atoms with Crippen molar-refractivity contribution in [1.82, 2.24) is 4.98 Å². The SMILES string of the molecule is CCOC(=O)c1cnc2ccc(Cc3ccccc3)cc2c1. The van der Waals surface area contributed by atoms with Gasteiger partial charge >= 0.3 is 5.97 Å². The summed E-state index contributed by atoms with van der Waals surface area (Å²) < 4.78 is 5.02. The van der Waals surface area contributed by atoms with Gasteiger partial charge in [0.25, 0.3) is 0 Å². The van der Waals surface area contributed by atoms with Gasteiger partial charge < -0.3 is 4.74 Å². The quantitative estimate of drug-likeness (QED) is 0.682. The van der Waals surface area contributed by atoms with Crippen molar-refractivity contribution in [1.29, 1.82) is 0 Å². The van der Waals surface area contributed by atoms with Gasteiger partial charge in [-0.2, -0.15) is 0 Å². The highest BCUT2D eigenvalue weighted by Gasteiger charge is 2.08. The topological polar surface area (TPSA) is 39.2 Å². The number of hydrogen-bond donors (Lipinski definition) is 0. The van der Waals surface area contributed by atoms with E-state index in [-0.39, 0.29) is 5.97 Å². The molecule has 0 saturated carbocycles. The number of pyridine rings is 1. The molecular formula is C19H17NO2. The monoisotopic (exact) mass is 291 g/mol. The van der Waals surface area contributed by atoms with E-state index in [9.17, 15) is 4.79 Å². The maximum atomic E-state index is 11.8. The molecule has 0 spiro atoms. The first-order valence-corrected chi connectivity index (χ1v) is 7.36. The van der Waals surface area contributed by atoms with Gasteiger partial charge in [-0.15, -0.1) is 0 Å². The molecule has 0 fully saturated rings. The summed E-state index contributed by atoms with van der Waals surface area (Å²) in [6.07, 6.45) is 2.43. The summed E-state index contributed by atoms with van der Waals surface area (Å²) in [6, 6.07) is 18.3. The highest BCUT2D eigenvalue weighted by Crippen LogP contribution is 2.18. The average molecular weight is 291 g/mol. The van der Waals surface area contributed by atoms with E-state index >= 15 is 0 Å². The lowest BCUT2D eigenvalue weighted by atomic mass is 10.0. The van der Waals surface area contributed by atoms with Crippen molar-refractivity contribution in [2.75, 3.05) is 6.61 Å². The summed E-state index contributed by atoms with van der Waals surface area (Å²) in [5, 5.41) is 0.957. The average Bonchev–Trinajstić information content (AvgIpc) is 2.55. The fourth-order valence-corrected chi connectivity index (χ4v) is 2.45. The zero-order valence-electron chi connectivity index (χ0n) is 12.5. The largest absolute Gasteiger partial charge is 0.462 e. The Morgan fingerprint density at radius 3 is 2.64 bits per heavy atom. The van der Waals surface area contributed by atoms with Crippen molar-refractivity contribution in [2.45, 2.75) is 13.3 Å². The molecular weight excluding hydrogens is 274 g/mol. The van der Waals surface area contributed by atoms with E-state index in [1.54, 1.807) is 13.1 Å². The first-order valence-electron chi connectivity index (χ1n) is 7.36. The van der Waals surface area contributed by atoms with E-state index in [2.05, 4.69) is 29.2 Å². The van der Waals surface area contributed by atoms with Crippen molar-refractivity contribution in [3.05, 3.63) is 77.5 Å². The number of carbonyl (C=O) groups excluding carboxylic acids is 1. The number of aromatic nitrogens is 1. The first-order chi connectivity index (χ1) is 10.8. The second-order valence-corrected chi connectivity index (χ2v) is 5.13. The molecule has 110 valence electrons. The molecule has 1 heterocycles. The molecule has 0 amide bonds. The van der Waals surface area contributed by atoms with Gasteiger partial charge in [0.05, 0.1) is 17.7 Å². The number of fused-ring (bicyclic) bond motifs is 1. The second-order valence-electron chi connectivity index (χ2n) is 5.13. The third kappa shape index (κ3) is 3.14. The van der Waals surface area contributed by atoms with E-state index in [1.165, 1.54) is 11.1 Å². The summed E-state index contributed by atoms with van der Waals surface area (Å²) in [4.78, 5) is 16.1. The molecule has 0 aliphatic carbocycles. The van der Waals surface area contributed by atoms with Gasteiger partial charge in [-0.25, -0.2) is 4.79 Å². The fourth-order valence-electron chi connectivity index (χ4n) is 2.45. The zero-order valence-corrected chi connectivity index (χ0v) is 12.5. The van der Waals surface area contributed by atoms with Crippen LogP contribution in [0, 0.1) is 0 Å². The van der Waals surface area contributed by atoms with E-state index in [0.29, 0.717) is 12.2 Å². The molecule has 3 nitrogen and oxygen atoms in total. The molecule has 3 rings (SSSR count). The number of ether oxygens (including phenoxy) is 1.